The van der Waals surface area contributed by atoms with Crippen molar-refractivity contribution in [1.82, 2.24) is 0 Å². The van der Waals surface area contributed by atoms with Gasteiger partial charge in [0.15, 0.2) is 0 Å². The number of rotatable bonds is 9. The molecule has 0 aliphatic carbocycles. The van der Waals surface area contributed by atoms with Crippen LogP contribution in [-0.2, 0) is 36.8 Å². The zero-order chi connectivity index (χ0) is 25.7. The first kappa shape index (κ1) is 25.4. The number of methoxy groups -OCH3 is 1. The number of hydrogen-bond acceptors (Lipinski definition) is 2. The van der Waals surface area contributed by atoms with E-state index in [0.29, 0.717) is 59.8 Å². The van der Waals surface area contributed by atoms with Crippen LogP contribution in [0, 0.1) is 34.6 Å². The number of fused-ring (bicyclic) bond motifs is 1. The molecule has 36 heavy (non-hydrogen) atoms. The highest BCUT2D eigenvalue weighted by Gasteiger charge is 2.13. The van der Waals surface area contributed by atoms with Crippen molar-refractivity contribution in [2.75, 3.05) is 13.7 Å². The maximum atomic E-state index is 15.2. The fraction of sp³-hybridized carbons (Fsp3) is 0.233. The summed E-state index contributed by atoms with van der Waals surface area (Å²) in [5, 5.41) is 10.0. The van der Waals surface area contributed by atoms with Crippen molar-refractivity contribution in [3.05, 3.63) is 117 Å². The van der Waals surface area contributed by atoms with Gasteiger partial charge in [-0.25, -0.2) is 17.6 Å². The number of nitriles is 1. The summed E-state index contributed by atoms with van der Waals surface area (Å²) in [7, 11) is 1.54. The first-order valence-electron chi connectivity index (χ1n) is 11.7. The summed E-state index contributed by atoms with van der Waals surface area (Å²) >= 11 is 0. The molecule has 4 aromatic carbocycles. The Bertz CT molecular complexity index is 1420. The number of ether oxygens (including phenoxy) is 1. The molecule has 4 rings (SSSR count). The number of benzene rings is 4. The summed E-state index contributed by atoms with van der Waals surface area (Å²) in [6.07, 6.45) is 1.86. The third-order valence-electron chi connectivity index (χ3n) is 6.39. The Balaban J connectivity index is 1.46. The van der Waals surface area contributed by atoms with Gasteiger partial charge in [0, 0.05) is 18.1 Å². The minimum Gasteiger partial charge on any atom is -0.384 e. The summed E-state index contributed by atoms with van der Waals surface area (Å²) in [6, 6.07) is 17.7. The Morgan fingerprint density at radius 2 is 1.36 bits per heavy atom. The van der Waals surface area contributed by atoms with Gasteiger partial charge in [0.2, 0.25) is 0 Å². The zero-order valence-electron chi connectivity index (χ0n) is 19.9. The van der Waals surface area contributed by atoms with Crippen LogP contribution in [0.15, 0.2) is 60.7 Å². The molecule has 0 unspecified atom stereocenters. The molecular weight excluding hydrogens is 466 g/mol. The van der Waals surface area contributed by atoms with E-state index >= 15 is 4.39 Å². The summed E-state index contributed by atoms with van der Waals surface area (Å²) in [5.41, 5.74) is 2.63. The van der Waals surface area contributed by atoms with Crippen molar-refractivity contribution in [3.8, 4) is 6.07 Å². The van der Waals surface area contributed by atoms with Gasteiger partial charge < -0.3 is 4.74 Å². The van der Waals surface area contributed by atoms with E-state index in [2.05, 4.69) is 0 Å². The molecule has 0 heterocycles. The molecule has 0 N–H and O–H groups in total. The van der Waals surface area contributed by atoms with Gasteiger partial charge in [-0.15, -0.1) is 0 Å². The second kappa shape index (κ2) is 11.4. The average molecular weight is 492 g/mol. The molecule has 0 aliphatic rings. The largest absolute Gasteiger partial charge is 0.384 e. The van der Waals surface area contributed by atoms with Gasteiger partial charge in [0.1, 0.15) is 29.3 Å². The smallest absolute Gasteiger partial charge is 0.141 e. The maximum absolute atomic E-state index is 15.2. The van der Waals surface area contributed by atoms with Crippen LogP contribution in [0.5, 0.6) is 0 Å². The van der Waals surface area contributed by atoms with E-state index in [1.165, 1.54) is 31.4 Å². The molecular formula is C30H25F4NO. The normalized spacial score (nSPS) is 11.1. The van der Waals surface area contributed by atoms with Crippen molar-refractivity contribution in [2.45, 2.75) is 32.1 Å². The van der Waals surface area contributed by atoms with E-state index in [-0.39, 0.29) is 23.4 Å². The Kier molecular flexibility index (Phi) is 8.02. The van der Waals surface area contributed by atoms with E-state index in [1.54, 1.807) is 30.3 Å². The molecule has 184 valence electrons. The second-order valence-electron chi connectivity index (χ2n) is 8.80. The molecule has 0 aromatic heterocycles. The van der Waals surface area contributed by atoms with Gasteiger partial charge in [-0.3, -0.25) is 0 Å². The first-order valence-corrected chi connectivity index (χ1v) is 11.7. The minimum absolute atomic E-state index is 0.0176. The fourth-order valence-electron chi connectivity index (χ4n) is 4.35. The quantitative estimate of drug-likeness (QED) is 0.236. The van der Waals surface area contributed by atoms with Gasteiger partial charge in [-0.05, 0) is 84.0 Å². The zero-order valence-corrected chi connectivity index (χ0v) is 19.9. The number of hydrogen-bond donors (Lipinski definition) is 0. The van der Waals surface area contributed by atoms with E-state index in [1.807, 2.05) is 12.1 Å². The van der Waals surface area contributed by atoms with Crippen LogP contribution >= 0.6 is 0 Å². The average Bonchev–Trinajstić information content (AvgIpc) is 2.86. The maximum Gasteiger partial charge on any atom is 0.141 e. The van der Waals surface area contributed by atoms with Crippen LogP contribution in [0.25, 0.3) is 10.8 Å². The number of nitrogens with zero attached hydrogens (tertiary/aromatic N) is 1. The van der Waals surface area contributed by atoms with Crippen molar-refractivity contribution in [1.29, 1.82) is 5.26 Å². The highest BCUT2D eigenvalue weighted by molar-refractivity contribution is 5.84. The highest BCUT2D eigenvalue weighted by atomic mass is 19.1. The van der Waals surface area contributed by atoms with Gasteiger partial charge in [0.25, 0.3) is 0 Å². The third kappa shape index (κ3) is 5.75. The van der Waals surface area contributed by atoms with E-state index < -0.39 is 17.5 Å². The standard InChI is InChI=1S/C30H25F4NO/c1-36-13-12-21-16-28(32)26(29(33)17-21)11-5-19-4-10-25-23(14-19)9-8-22(30(25)34)6-2-20-3-7-24(18-35)27(31)15-20/h3-4,7-10,14-17H,2,5-6,11-13H2,1H3. The van der Waals surface area contributed by atoms with Gasteiger partial charge >= 0.3 is 0 Å². The van der Waals surface area contributed by atoms with Crippen molar-refractivity contribution in [3.63, 3.8) is 0 Å². The van der Waals surface area contributed by atoms with Crippen LogP contribution in [-0.4, -0.2) is 13.7 Å². The van der Waals surface area contributed by atoms with Crippen molar-refractivity contribution < 1.29 is 22.3 Å². The van der Waals surface area contributed by atoms with Gasteiger partial charge in [-0.2, -0.15) is 5.26 Å². The molecule has 2 nitrogen and oxygen atoms in total. The van der Waals surface area contributed by atoms with Crippen molar-refractivity contribution >= 4 is 10.8 Å². The van der Waals surface area contributed by atoms with Crippen molar-refractivity contribution in [2.24, 2.45) is 0 Å². The Morgan fingerprint density at radius 3 is 2.06 bits per heavy atom. The van der Waals surface area contributed by atoms with Gasteiger partial charge in [-0.1, -0.05) is 36.4 Å². The first-order chi connectivity index (χ1) is 17.4. The molecule has 0 fully saturated rings. The van der Waals surface area contributed by atoms with Crippen LogP contribution < -0.4 is 0 Å². The van der Waals surface area contributed by atoms with Crippen LogP contribution in [0.4, 0.5) is 17.6 Å². The molecule has 0 spiro atoms. The second-order valence-corrected chi connectivity index (χ2v) is 8.80. The summed E-state index contributed by atoms with van der Waals surface area (Å²) in [6.45, 7) is 0.390. The Hall–Kier alpha value is -3.69. The lowest BCUT2D eigenvalue weighted by molar-refractivity contribution is 0.202. The molecule has 4 aromatic rings. The SMILES string of the molecule is COCCc1cc(F)c(CCc2ccc3c(F)c(CCc4ccc(C#N)c(F)c4)ccc3c2)c(F)c1. The summed E-state index contributed by atoms with van der Waals surface area (Å²) < 4.78 is 62.9. The van der Waals surface area contributed by atoms with E-state index in [4.69, 9.17) is 10.00 Å². The van der Waals surface area contributed by atoms with Crippen LogP contribution in [0.3, 0.4) is 0 Å². The monoisotopic (exact) mass is 491 g/mol. The number of halogens is 4. The topological polar surface area (TPSA) is 33.0 Å². The Morgan fingerprint density at radius 1 is 0.694 bits per heavy atom. The summed E-state index contributed by atoms with van der Waals surface area (Å²) in [4.78, 5) is 0. The lowest BCUT2D eigenvalue weighted by atomic mass is 9.96. The van der Waals surface area contributed by atoms with E-state index in [0.717, 1.165) is 5.56 Å². The summed E-state index contributed by atoms with van der Waals surface area (Å²) in [5.74, 6) is -2.06. The number of aryl methyl sites for hydroxylation is 3. The predicted octanol–water partition coefficient (Wildman–Crippen LogP) is 7.03. The van der Waals surface area contributed by atoms with Crippen LogP contribution in [0.1, 0.15) is 33.4 Å². The van der Waals surface area contributed by atoms with Crippen LogP contribution in [0.2, 0.25) is 0 Å². The molecule has 0 aliphatic heterocycles. The molecule has 6 heteroatoms. The lowest BCUT2D eigenvalue weighted by Gasteiger charge is -2.11. The predicted molar refractivity (Wildman–Crippen MR) is 132 cm³/mol. The van der Waals surface area contributed by atoms with E-state index in [9.17, 15) is 13.2 Å². The molecule has 0 saturated heterocycles. The minimum atomic E-state index is -0.580. The fourth-order valence-corrected chi connectivity index (χ4v) is 4.35. The van der Waals surface area contributed by atoms with Gasteiger partial charge in [0.05, 0.1) is 12.2 Å². The molecule has 0 bridgehead atoms. The molecule has 0 amide bonds. The highest BCUT2D eigenvalue weighted by Crippen LogP contribution is 2.25. The Labute approximate surface area is 207 Å². The third-order valence-corrected chi connectivity index (χ3v) is 6.39. The lowest BCUT2D eigenvalue weighted by Crippen LogP contribution is -2.03. The molecule has 0 radical (unpaired) electrons. The molecule has 0 atom stereocenters. The molecule has 0 saturated carbocycles.